The van der Waals surface area contributed by atoms with Crippen molar-refractivity contribution in [3.05, 3.63) is 12.0 Å². The topological polar surface area (TPSA) is 59.9 Å². The van der Waals surface area contributed by atoms with Crippen LogP contribution in [0.2, 0.25) is 0 Å². The molecule has 1 aliphatic rings. The maximum atomic E-state index is 5.56. The molecule has 5 nitrogen and oxygen atoms in total. The molecule has 0 amide bonds. The summed E-state index contributed by atoms with van der Waals surface area (Å²) in [7, 11) is 0. The van der Waals surface area contributed by atoms with Gasteiger partial charge < -0.3 is 10.1 Å². The summed E-state index contributed by atoms with van der Waals surface area (Å²) in [5.41, 5.74) is 0.999. The highest BCUT2D eigenvalue weighted by atomic mass is 32.1. The van der Waals surface area contributed by atoms with Gasteiger partial charge in [0.15, 0.2) is 0 Å². The molecule has 0 aliphatic heterocycles. The van der Waals surface area contributed by atoms with Gasteiger partial charge in [0.2, 0.25) is 0 Å². The van der Waals surface area contributed by atoms with Crippen LogP contribution in [0.25, 0.3) is 10.2 Å². The average Bonchev–Trinajstić information content (AvgIpc) is 2.70. The molecule has 0 spiro atoms. The molecule has 1 fully saturated rings. The standard InChI is InChI=1S/C12H16N4OS/c1-3-17-9-4-8(5-9)15-11-10-7(2)16-18-12(10)14-6-13-11/h6,8-9H,3-5H2,1-2H3,(H,13,14,15). The van der Waals surface area contributed by atoms with Crippen LogP contribution >= 0.6 is 11.5 Å². The minimum atomic E-state index is 0.409. The summed E-state index contributed by atoms with van der Waals surface area (Å²) in [6.45, 7) is 4.83. The van der Waals surface area contributed by atoms with Gasteiger partial charge in [-0.3, -0.25) is 0 Å². The quantitative estimate of drug-likeness (QED) is 0.918. The molecule has 0 atom stereocenters. The van der Waals surface area contributed by atoms with E-state index in [0.29, 0.717) is 12.1 Å². The van der Waals surface area contributed by atoms with Gasteiger partial charge in [-0.15, -0.1) is 0 Å². The number of anilines is 1. The Balaban J connectivity index is 1.74. The van der Waals surface area contributed by atoms with E-state index in [9.17, 15) is 0 Å². The summed E-state index contributed by atoms with van der Waals surface area (Å²) < 4.78 is 9.89. The first-order valence-electron chi connectivity index (χ1n) is 6.23. The Kier molecular flexibility index (Phi) is 3.13. The molecular formula is C12H16N4OS. The molecule has 0 bridgehead atoms. The number of aromatic nitrogens is 3. The summed E-state index contributed by atoms with van der Waals surface area (Å²) in [5, 5.41) is 4.53. The fourth-order valence-corrected chi connectivity index (χ4v) is 3.02. The minimum Gasteiger partial charge on any atom is -0.378 e. The Morgan fingerprint density at radius 2 is 2.28 bits per heavy atom. The molecule has 18 heavy (non-hydrogen) atoms. The lowest BCUT2D eigenvalue weighted by atomic mass is 9.89. The van der Waals surface area contributed by atoms with Crippen molar-refractivity contribution in [2.75, 3.05) is 11.9 Å². The maximum absolute atomic E-state index is 5.56. The first-order valence-corrected chi connectivity index (χ1v) is 7.00. The van der Waals surface area contributed by atoms with Crippen molar-refractivity contribution >= 4 is 27.6 Å². The second kappa shape index (κ2) is 4.78. The van der Waals surface area contributed by atoms with Gasteiger partial charge in [0.05, 0.1) is 17.2 Å². The second-order valence-corrected chi connectivity index (χ2v) is 5.31. The van der Waals surface area contributed by atoms with Crippen LogP contribution in [0.1, 0.15) is 25.5 Å². The Morgan fingerprint density at radius 3 is 3.06 bits per heavy atom. The highest BCUT2D eigenvalue weighted by Gasteiger charge is 2.30. The molecule has 0 saturated heterocycles. The van der Waals surface area contributed by atoms with Gasteiger partial charge in [-0.2, -0.15) is 4.37 Å². The van der Waals surface area contributed by atoms with E-state index >= 15 is 0 Å². The number of hydrogen-bond acceptors (Lipinski definition) is 6. The van der Waals surface area contributed by atoms with Crippen molar-refractivity contribution in [2.24, 2.45) is 0 Å². The number of hydrogen-bond donors (Lipinski definition) is 1. The van der Waals surface area contributed by atoms with E-state index < -0.39 is 0 Å². The van der Waals surface area contributed by atoms with Gasteiger partial charge in [-0.05, 0) is 38.2 Å². The molecule has 0 unspecified atom stereocenters. The van der Waals surface area contributed by atoms with E-state index in [2.05, 4.69) is 19.7 Å². The van der Waals surface area contributed by atoms with Crippen molar-refractivity contribution in [2.45, 2.75) is 38.8 Å². The van der Waals surface area contributed by atoms with E-state index in [0.717, 1.165) is 41.2 Å². The van der Waals surface area contributed by atoms with Crippen LogP contribution in [-0.2, 0) is 4.74 Å². The van der Waals surface area contributed by atoms with Crippen LogP contribution < -0.4 is 5.32 Å². The number of ether oxygens (including phenoxy) is 1. The fourth-order valence-electron chi connectivity index (χ4n) is 2.28. The van der Waals surface area contributed by atoms with Gasteiger partial charge in [-0.1, -0.05) is 0 Å². The Hall–Kier alpha value is -1.27. The van der Waals surface area contributed by atoms with Crippen LogP contribution in [0, 0.1) is 6.92 Å². The van der Waals surface area contributed by atoms with Gasteiger partial charge >= 0.3 is 0 Å². The SMILES string of the molecule is CCOC1CC(Nc2ncnc3snc(C)c23)C1. The normalized spacial score (nSPS) is 23.0. The highest BCUT2D eigenvalue weighted by molar-refractivity contribution is 7.13. The molecule has 0 radical (unpaired) electrons. The molecule has 2 aromatic heterocycles. The van der Waals surface area contributed by atoms with Crippen molar-refractivity contribution in [1.82, 2.24) is 14.3 Å². The zero-order valence-corrected chi connectivity index (χ0v) is 11.3. The van der Waals surface area contributed by atoms with E-state index in [1.54, 1.807) is 6.33 Å². The van der Waals surface area contributed by atoms with Gasteiger partial charge in [0, 0.05) is 12.6 Å². The Morgan fingerprint density at radius 1 is 1.44 bits per heavy atom. The monoisotopic (exact) mass is 264 g/mol. The Bertz CT molecular complexity index is 550. The van der Waals surface area contributed by atoms with Crippen molar-refractivity contribution < 1.29 is 4.74 Å². The first-order chi connectivity index (χ1) is 8.78. The van der Waals surface area contributed by atoms with Crippen molar-refractivity contribution in [1.29, 1.82) is 0 Å². The third-order valence-electron chi connectivity index (χ3n) is 3.28. The van der Waals surface area contributed by atoms with Gasteiger partial charge in [-0.25, -0.2) is 9.97 Å². The second-order valence-electron chi connectivity index (χ2n) is 4.56. The average molecular weight is 264 g/mol. The van der Waals surface area contributed by atoms with E-state index in [1.165, 1.54) is 11.5 Å². The largest absolute Gasteiger partial charge is 0.378 e. The maximum Gasteiger partial charge on any atom is 0.149 e. The number of nitrogens with one attached hydrogen (secondary N) is 1. The van der Waals surface area contributed by atoms with Crippen LogP contribution in [0.3, 0.4) is 0 Å². The predicted octanol–water partition coefficient (Wildman–Crippen LogP) is 2.37. The minimum absolute atomic E-state index is 0.409. The highest BCUT2D eigenvalue weighted by Crippen LogP contribution is 2.30. The van der Waals surface area contributed by atoms with Crippen LogP contribution in [-0.4, -0.2) is 33.1 Å². The lowest BCUT2D eigenvalue weighted by Crippen LogP contribution is -2.41. The molecule has 1 N–H and O–H groups in total. The lowest BCUT2D eigenvalue weighted by Gasteiger charge is -2.35. The smallest absolute Gasteiger partial charge is 0.149 e. The summed E-state index contributed by atoms with van der Waals surface area (Å²) >= 11 is 1.42. The molecule has 96 valence electrons. The summed E-state index contributed by atoms with van der Waals surface area (Å²) in [6, 6.07) is 0.457. The van der Waals surface area contributed by atoms with E-state index in [1.807, 2.05) is 13.8 Å². The number of fused-ring (bicyclic) bond motifs is 1. The summed E-state index contributed by atoms with van der Waals surface area (Å²) in [4.78, 5) is 9.52. The van der Waals surface area contributed by atoms with Crippen molar-refractivity contribution in [3.63, 3.8) is 0 Å². The zero-order chi connectivity index (χ0) is 12.5. The van der Waals surface area contributed by atoms with E-state index in [4.69, 9.17) is 4.74 Å². The molecule has 0 aromatic carbocycles. The molecular weight excluding hydrogens is 248 g/mol. The number of rotatable bonds is 4. The van der Waals surface area contributed by atoms with Gasteiger partial charge in [0.25, 0.3) is 0 Å². The third-order valence-corrected chi connectivity index (χ3v) is 4.13. The molecule has 2 aromatic rings. The molecule has 3 rings (SSSR count). The van der Waals surface area contributed by atoms with Gasteiger partial charge in [0.1, 0.15) is 17.0 Å². The zero-order valence-electron chi connectivity index (χ0n) is 10.5. The summed E-state index contributed by atoms with van der Waals surface area (Å²) in [6.07, 6.45) is 4.11. The van der Waals surface area contributed by atoms with Crippen LogP contribution in [0.15, 0.2) is 6.33 Å². The summed E-state index contributed by atoms with van der Waals surface area (Å²) in [5.74, 6) is 0.909. The molecule has 1 saturated carbocycles. The van der Waals surface area contributed by atoms with E-state index in [-0.39, 0.29) is 0 Å². The predicted molar refractivity (Wildman–Crippen MR) is 72.0 cm³/mol. The Labute approximate surface area is 110 Å². The van der Waals surface area contributed by atoms with Crippen LogP contribution in [0.5, 0.6) is 0 Å². The van der Waals surface area contributed by atoms with Crippen molar-refractivity contribution in [3.8, 4) is 0 Å². The molecule has 2 heterocycles. The number of aryl methyl sites for hydroxylation is 1. The van der Waals surface area contributed by atoms with Crippen LogP contribution in [0.4, 0.5) is 5.82 Å². The fraction of sp³-hybridized carbons (Fsp3) is 0.583. The first kappa shape index (κ1) is 11.8. The third kappa shape index (κ3) is 2.06. The molecule has 1 aliphatic carbocycles. The molecule has 6 heteroatoms. The lowest BCUT2D eigenvalue weighted by molar-refractivity contribution is 0.00295. The number of nitrogens with zero attached hydrogens (tertiary/aromatic N) is 3.